The van der Waals surface area contributed by atoms with Crippen LogP contribution in [0.25, 0.3) is 22.6 Å². The molecule has 2 saturated heterocycles. The van der Waals surface area contributed by atoms with Crippen molar-refractivity contribution in [3.63, 3.8) is 0 Å². The first-order chi connectivity index (χ1) is 20.8. The number of aromatic nitrogens is 3. The number of benzene rings is 2. The molecule has 2 aromatic heterocycles. The number of nitrogens with one attached hydrogen (secondary N) is 1. The molecule has 4 aromatic rings. The summed E-state index contributed by atoms with van der Waals surface area (Å²) in [6, 6.07) is 20.5. The Morgan fingerprint density at radius 3 is 2.53 bits per heavy atom. The molecule has 0 bridgehead atoms. The Labute approximate surface area is 252 Å². The molecule has 1 saturated carbocycles. The molecular weight excluding hydrogens is 562 g/mol. The van der Waals surface area contributed by atoms with E-state index in [2.05, 4.69) is 55.6 Å². The van der Waals surface area contributed by atoms with Gasteiger partial charge in [0.1, 0.15) is 5.82 Å². The lowest BCUT2D eigenvalue weighted by Gasteiger charge is -2.47. The Bertz CT molecular complexity index is 1710. The van der Waals surface area contributed by atoms with E-state index in [1.54, 1.807) is 19.1 Å². The standard InChI is InChI=1S/C32H37N7O3S/c1-21-36-37-32(42-21)22-9-11-26(12-10-22)38-16-14-29-25(20-38)19-35-28-7-2-3-8-30(28)39(29)31-18-24(13-15-34-31)23-5-4-6-27(17-23)43(33,40)41/h4-6,9-13,15,17-18,25,28-30,35H,2-3,7-8,14,16,19-20H2,1H3,(H2,33,40,41). The molecule has 3 aliphatic rings. The summed E-state index contributed by atoms with van der Waals surface area (Å²) >= 11 is 0. The third kappa shape index (κ3) is 5.64. The molecule has 0 amide bonds. The number of hydrogen-bond donors (Lipinski definition) is 2. The molecule has 4 unspecified atom stereocenters. The quantitative estimate of drug-likeness (QED) is 0.343. The molecule has 3 fully saturated rings. The number of piperidine rings is 1. The van der Waals surface area contributed by atoms with Crippen LogP contribution in [-0.4, -0.2) is 61.4 Å². The first-order valence-corrected chi connectivity index (χ1v) is 16.6. The van der Waals surface area contributed by atoms with E-state index >= 15 is 0 Å². The first kappa shape index (κ1) is 28.0. The maximum Gasteiger partial charge on any atom is 0.247 e. The van der Waals surface area contributed by atoms with Crippen molar-refractivity contribution in [2.24, 2.45) is 11.1 Å². The minimum atomic E-state index is -3.79. The van der Waals surface area contributed by atoms with Crippen LogP contribution in [0.1, 0.15) is 38.0 Å². The smallest absolute Gasteiger partial charge is 0.247 e. The number of fused-ring (bicyclic) bond motifs is 2. The van der Waals surface area contributed by atoms with Gasteiger partial charge in [-0.05, 0) is 78.9 Å². The maximum absolute atomic E-state index is 12.0. The van der Waals surface area contributed by atoms with E-state index in [-0.39, 0.29) is 4.90 Å². The summed E-state index contributed by atoms with van der Waals surface area (Å²) in [7, 11) is -3.79. The zero-order chi connectivity index (χ0) is 29.6. The van der Waals surface area contributed by atoms with Crippen LogP contribution in [0.2, 0.25) is 0 Å². The fourth-order valence-electron chi connectivity index (χ4n) is 7.21. The highest BCUT2D eigenvalue weighted by Gasteiger charge is 2.43. The van der Waals surface area contributed by atoms with E-state index in [0.29, 0.717) is 35.8 Å². The van der Waals surface area contributed by atoms with Gasteiger partial charge in [0.2, 0.25) is 21.8 Å². The Morgan fingerprint density at radius 2 is 1.74 bits per heavy atom. The molecule has 224 valence electrons. The maximum atomic E-state index is 12.0. The zero-order valence-corrected chi connectivity index (χ0v) is 25.1. The van der Waals surface area contributed by atoms with Crippen LogP contribution in [0.5, 0.6) is 0 Å². The third-order valence-electron chi connectivity index (χ3n) is 9.29. The van der Waals surface area contributed by atoms with E-state index in [1.165, 1.54) is 24.6 Å². The van der Waals surface area contributed by atoms with Gasteiger partial charge in [0.15, 0.2) is 0 Å². The fraction of sp³-hybridized carbons (Fsp3) is 0.406. The minimum absolute atomic E-state index is 0.113. The highest BCUT2D eigenvalue weighted by atomic mass is 32.2. The number of anilines is 2. The van der Waals surface area contributed by atoms with Crippen LogP contribution in [0, 0.1) is 12.8 Å². The van der Waals surface area contributed by atoms with Gasteiger partial charge in [0.25, 0.3) is 0 Å². The number of pyridine rings is 1. The van der Waals surface area contributed by atoms with Crippen molar-refractivity contribution in [2.45, 2.75) is 62.0 Å². The Balaban J connectivity index is 1.18. The number of sulfonamides is 1. The topological polar surface area (TPSA) is 130 Å². The van der Waals surface area contributed by atoms with Crippen LogP contribution >= 0.6 is 0 Å². The van der Waals surface area contributed by atoms with Gasteiger partial charge in [0, 0.05) is 68.0 Å². The lowest BCUT2D eigenvalue weighted by atomic mass is 9.86. The van der Waals surface area contributed by atoms with Crippen molar-refractivity contribution in [1.82, 2.24) is 20.5 Å². The minimum Gasteiger partial charge on any atom is -0.421 e. The molecule has 4 heterocycles. The summed E-state index contributed by atoms with van der Waals surface area (Å²) < 4.78 is 29.7. The molecule has 11 heteroatoms. The second-order valence-electron chi connectivity index (χ2n) is 12.0. The highest BCUT2D eigenvalue weighted by Crippen LogP contribution is 2.38. The van der Waals surface area contributed by atoms with Crippen LogP contribution in [0.4, 0.5) is 11.5 Å². The van der Waals surface area contributed by atoms with Gasteiger partial charge in [0.05, 0.1) is 4.90 Å². The van der Waals surface area contributed by atoms with Crippen LogP contribution in [0.3, 0.4) is 0 Å². The van der Waals surface area contributed by atoms with Gasteiger partial charge in [-0.2, -0.15) is 0 Å². The van der Waals surface area contributed by atoms with Crippen LogP contribution in [0.15, 0.2) is 76.2 Å². The number of aryl methyl sites for hydroxylation is 1. The third-order valence-corrected chi connectivity index (χ3v) is 10.2. The summed E-state index contributed by atoms with van der Waals surface area (Å²) in [6.07, 6.45) is 7.62. The Kier molecular flexibility index (Phi) is 7.40. The molecule has 0 radical (unpaired) electrons. The molecule has 2 aromatic carbocycles. The molecule has 0 spiro atoms. The molecule has 3 N–H and O–H groups in total. The van der Waals surface area contributed by atoms with Gasteiger partial charge in [-0.3, -0.25) is 0 Å². The van der Waals surface area contributed by atoms with Crippen molar-refractivity contribution >= 4 is 21.5 Å². The molecule has 10 nitrogen and oxygen atoms in total. The lowest BCUT2D eigenvalue weighted by Crippen LogP contribution is -2.56. The van der Waals surface area contributed by atoms with Crippen LogP contribution in [-0.2, 0) is 10.0 Å². The van der Waals surface area contributed by atoms with Gasteiger partial charge in [-0.25, -0.2) is 18.5 Å². The first-order valence-electron chi connectivity index (χ1n) is 15.1. The summed E-state index contributed by atoms with van der Waals surface area (Å²) in [5.74, 6) is 2.47. The molecule has 43 heavy (non-hydrogen) atoms. The van der Waals surface area contributed by atoms with E-state index < -0.39 is 10.0 Å². The van der Waals surface area contributed by atoms with E-state index in [1.807, 2.05) is 18.3 Å². The number of rotatable bonds is 5. The van der Waals surface area contributed by atoms with E-state index in [4.69, 9.17) is 14.5 Å². The molecule has 2 aliphatic heterocycles. The molecule has 7 rings (SSSR count). The van der Waals surface area contributed by atoms with Gasteiger partial charge in [-0.1, -0.05) is 25.0 Å². The Morgan fingerprint density at radius 1 is 0.930 bits per heavy atom. The van der Waals surface area contributed by atoms with Crippen molar-refractivity contribution < 1.29 is 12.8 Å². The molecular formula is C32H37N7O3S. The van der Waals surface area contributed by atoms with Crippen molar-refractivity contribution in [2.75, 3.05) is 29.4 Å². The molecule has 1 aliphatic carbocycles. The van der Waals surface area contributed by atoms with Crippen molar-refractivity contribution in [1.29, 1.82) is 0 Å². The zero-order valence-electron chi connectivity index (χ0n) is 24.3. The highest BCUT2D eigenvalue weighted by molar-refractivity contribution is 7.89. The van der Waals surface area contributed by atoms with E-state index in [9.17, 15) is 8.42 Å². The predicted molar refractivity (Wildman–Crippen MR) is 166 cm³/mol. The second kappa shape index (κ2) is 11.4. The summed E-state index contributed by atoms with van der Waals surface area (Å²) in [4.78, 5) is 10.1. The summed E-state index contributed by atoms with van der Waals surface area (Å²) in [6.45, 7) is 4.66. The predicted octanol–water partition coefficient (Wildman–Crippen LogP) is 4.37. The second-order valence-corrected chi connectivity index (χ2v) is 13.5. The van der Waals surface area contributed by atoms with Gasteiger partial charge < -0.3 is 19.5 Å². The van der Waals surface area contributed by atoms with Crippen molar-refractivity contribution in [3.05, 3.63) is 72.8 Å². The fourth-order valence-corrected chi connectivity index (χ4v) is 7.77. The van der Waals surface area contributed by atoms with Crippen LogP contribution < -0.4 is 20.3 Å². The van der Waals surface area contributed by atoms with Gasteiger partial charge in [-0.15, -0.1) is 10.2 Å². The summed E-state index contributed by atoms with van der Waals surface area (Å²) in [5.41, 5.74) is 3.87. The number of hydrogen-bond acceptors (Lipinski definition) is 9. The average molecular weight is 600 g/mol. The van der Waals surface area contributed by atoms with Crippen molar-refractivity contribution in [3.8, 4) is 22.6 Å². The number of nitrogens with two attached hydrogens (primary N) is 1. The summed E-state index contributed by atoms with van der Waals surface area (Å²) in [5, 5.41) is 17.5. The Hall–Kier alpha value is -3.80. The normalized spacial score (nSPS) is 24.2. The molecule has 4 atom stereocenters. The largest absolute Gasteiger partial charge is 0.421 e. The van der Waals surface area contributed by atoms with E-state index in [0.717, 1.165) is 61.4 Å². The number of primary sulfonamides is 1. The van der Waals surface area contributed by atoms with Gasteiger partial charge >= 0.3 is 0 Å². The SMILES string of the molecule is Cc1nnc(-c2ccc(N3CCC4C(CNC5CCCCC5N4c4cc(-c5cccc(S(N)(=O)=O)c5)ccn4)C3)cc2)o1. The lowest BCUT2D eigenvalue weighted by molar-refractivity contribution is 0.316. The average Bonchev–Trinajstić information content (AvgIpc) is 3.39. The number of nitrogens with zero attached hydrogens (tertiary/aromatic N) is 5. The monoisotopic (exact) mass is 599 g/mol.